The second kappa shape index (κ2) is 10.4. The van der Waals surface area contributed by atoms with E-state index in [-0.39, 0.29) is 11.8 Å². The highest BCUT2D eigenvalue weighted by molar-refractivity contribution is 6.30. The van der Waals surface area contributed by atoms with Gasteiger partial charge in [-0.15, -0.1) is 0 Å². The van der Waals surface area contributed by atoms with E-state index in [0.29, 0.717) is 42.7 Å². The molecule has 25 heavy (non-hydrogen) atoms. The van der Waals surface area contributed by atoms with Crippen molar-refractivity contribution in [1.29, 1.82) is 0 Å². The Balaban J connectivity index is 1.57. The monoisotopic (exact) mass is 365 g/mol. The number of benzene rings is 1. The van der Waals surface area contributed by atoms with E-state index in [0.717, 1.165) is 31.6 Å². The van der Waals surface area contributed by atoms with Gasteiger partial charge in [0.05, 0.1) is 0 Å². The van der Waals surface area contributed by atoms with Crippen LogP contribution in [0.4, 0.5) is 5.69 Å². The van der Waals surface area contributed by atoms with Gasteiger partial charge in [0.15, 0.2) is 0 Å². The van der Waals surface area contributed by atoms with Crippen molar-refractivity contribution in [2.45, 2.75) is 39.0 Å². The van der Waals surface area contributed by atoms with Gasteiger partial charge >= 0.3 is 0 Å². The van der Waals surface area contributed by atoms with E-state index < -0.39 is 0 Å². The third-order valence-corrected chi connectivity index (χ3v) is 4.98. The lowest BCUT2D eigenvalue weighted by Crippen LogP contribution is -2.33. The van der Waals surface area contributed by atoms with Crippen LogP contribution in [0.3, 0.4) is 0 Å². The summed E-state index contributed by atoms with van der Waals surface area (Å²) in [4.78, 5) is 23.9. The van der Waals surface area contributed by atoms with Crippen LogP contribution in [0, 0.1) is 11.8 Å². The quantitative estimate of drug-likeness (QED) is 0.619. The van der Waals surface area contributed by atoms with Crippen LogP contribution in [0.1, 0.15) is 39.0 Å². The molecule has 1 aliphatic rings. The Bertz CT molecular complexity index is 556. The van der Waals surface area contributed by atoms with Gasteiger partial charge in [0.2, 0.25) is 11.8 Å². The molecule has 3 N–H and O–H groups in total. The number of anilines is 1. The highest BCUT2D eigenvalue weighted by Crippen LogP contribution is 2.24. The topological polar surface area (TPSA) is 70.2 Å². The molecule has 1 atom stereocenters. The molecule has 1 aliphatic heterocycles. The van der Waals surface area contributed by atoms with Gasteiger partial charge in [-0.1, -0.05) is 18.5 Å². The molecule has 1 unspecified atom stereocenters. The van der Waals surface area contributed by atoms with Crippen LogP contribution in [0.25, 0.3) is 0 Å². The zero-order valence-electron chi connectivity index (χ0n) is 14.8. The summed E-state index contributed by atoms with van der Waals surface area (Å²) in [7, 11) is 0. The van der Waals surface area contributed by atoms with E-state index >= 15 is 0 Å². The molecule has 5 nitrogen and oxygen atoms in total. The summed E-state index contributed by atoms with van der Waals surface area (Å²) in [6, 6.07) is 7.01. The largest absolute Gasteiger partial charge is 0.356 e. The van der Waals surface area contributed by atoms with Gasteiger partial charge in [0, 0.05) is 30.1 Å². The zero-order valence-corrected chi connectivity index (χ0v) is 15.6. The molecule has 1 saturated heterocycles. The number of halogens is 1. The van der Waals surface area contributed by atoms with E-state index in [1.54, 1.807) is 24.3 Å². The molecule has 1 aromatic carbocycles. The summed E-state index contributed by atoms with van der Waals surface area (Å²) in [6.45, 7) is 4.81. The van der Waals surface area contributed by atoms with Gasteiger partial charge in [-0.2, -0.15) is 0 Å². The molecule has 2 amide bonds. The first-order valence-electron chi connectivity index (χ1n) is 9.07. The lowest BCUT2D eigenvalue weighted by molar-refractivity contribution is -0.122. The second-order valence-corrected chi connectivity index (χ2v) is 7.21. The standard InChI is InChI=1S/C19H28ClN3O2/c1-14(15-8-11-21-12-9-15)13-19(25)22-10-2-3-18(24)23-17-6-4-16(20)5-7-17/h4-7,14-15,21H,2-3,8-13H2,1H3,(H,22,25)(H,23,24). The average Bonchev–Trinajstić information content (AvgIpc) is 2.61. The highest BCUT2D eigenvalue weighted by Gasteiger charge is 2.21. The van der Waals surface area contributed by atoms with E-state index in [1.165, 1.54) is 0 Å². The van der Waals surface area contributed by atoms with Gasteiger partial charge in [0.1, 0.15) is 0 Å². The number of hydrogen-bond donors (Lipinski definition) is 3. The van der Waals surface area contributed by atoms with Crippen LogP contribution < -0.4 is 16.0 Å². The van der Waals surface area contributed by atoms with Crippen LogP contribution in [-0.2, 0) is 9.59 Å². The molecule has 1 aromatic rings. The van der Waals surface area contributed by atoms with Crippen molar-refractivity contribution >= 4 is 29.1 Å². The fourth-order valence-electron chi connectivity index (χ4n) is 3.18. The highest BCUT2D eigenvalue weighted by atomic mass is 35.5. The molecule has 0 radical (unpaired) electrons. The van der Waals surface area contributed by atoms with Crippen LogP contribution in [0.15, 0.2) is 24.3 Å². The first kappa shape index (κ1) is 19.7. The van der Waals surface area contributed by atoms with Gasteiger partial charge in [-0.25, -0.2) is 0 Å². The number of rotatable bonds is 8. The van der Waals surface area contributed by atoms with Crippen molar-refractivity contribution in [2.24, 2.45) is 11.8 Å². The summed E-state index contributed by atoms with van der Waals surface area (Å²) in [5.41, 5.74) is 0.731. The van der Waals surface area contributed by atoms with E-state index in [9.17, 15) is 9.59 Å². The Morgan fingerprint density at radius 3 is 2.56 bits per heavy atom. The van der Waals surface area contributed by atoms with E-state index in [4.69, 9.17) is 11.6 Å². The normalized spacial score (nSPS) is 16.2. The molecule has 0 bridgehead atoms. The van der Waals surface area contributed by atoms with Gasteiger partial charge in [-0.05, 0) is 68.5 Å². The number of carbonyl (C=O) groups is 2. The summed E-state index contributed by atoms with van der Waals surface area (Å²) in [5, 5.41) is 9.73. The SMILES string of the molecule is CC(CC(=O)NCCCC(=O)Nc1ccc(Cl)cc1)C1CCNCC1. The molecule has 1 heterocycles. The summed E-state index contributed by atoms with van der Waals surface area (Å²) in [6.07, 6.45) is 3.89. The third-order valence-electron chi connectivity index (χ3n) is 4.73. The fourth-order valence-corrected chi connectivity index (χ4v) is 3.30. The van der Waals surface area contributed by atoms with Crippen molar-refractivity contribution < 1.29 is 9.59 Å². The molecule has 0 aromatic heterocycles. The lowest BCUT2D eigenvalue weighted by atomic mass is 9.84. The summed E-state index contributed by atoms with van der Waals surface area (Å²) in [5.74, 6) is 1.08. The van der Waals surface area contributed by atoms with Crippen molar-refractivity contribution in [3.63, 3.8) is 0 Å². The Morgan fingerprint density at radius 2 is 1.88 bits per heavy atom. The first-order chi connectivity index (χ1) is 12.0. The van der Waals surface area contributed by atoms with Crippen LogP contribution in [-0.4, -0.2) is 31.4 Å². The van der Waals surface area contributed by atoms with Crippen molar-refractivity contribution in [2.75, 3.05) is 25.0 Å². The molecule has 0 spiro atoms. The van der Waals surface area contributed by atoms with Crippen molar-refractivity contribution in [3.05, 3.63) is 29.3 Å². The van der Waals surface area contributed by atoms with Gasteiger partial charge < -0.3 is 16.0 Å². The maximum absolute atomic E-state index is 12.0. The maximum atomic E-state index is 12.0. The predicted octanol–water partition coefficient (Wildman–Crippen LogP) is 3.20. The van der Waals surface area contributed by atoms with Crippen LogP contribution in [0.5, 0.6) is 0 Å². The molecule has 0 saturated carbocycles. The summed E-state index contributed by atoms with van der Waals surface area (Å²) >= 11 is 5.81. The minimum absolute atomic E-state index is 0.0559. The Kier molecular flexibility index (Phi) is 8.22. The molecule has 2 rings (SSSR count). The molecular formula is C19H28ClN3O2. The van der Waals surface area contributed by atoms with Gasteiger partial charge in [-0.3, -0.25) is 9.59 Å². The van der Waals surface area contributed by atoms with E-state index in [1.807, 2.05) is 0 Å². The van der Waals surface area contributed by atoms with Crippen molar-refractivity contribution in [1.82, 2.24) is 10.6 Å². The Morgan fingerprint density at radius 1 is 1.20 bits per heavy atom. The zero-order chi connectivity index (χ0) is 18.1. The maximum Gasteiger partial charge on any atom is 0.224 e. The minimum atomic E-state index is -0.0559. The molecule has 138 valence electrons. The third kappa shape index (κ3) is 7.45. The average molecular weight is 366 g/mol. The molecule has 1 fully saturated rings. The molecule has 6 heteroatoms. The number of carbonyl (C=O) groups excluding carboxylic acids is 2. The predicted molar refractivity (Wildman–Crippen MR) is 102 cm³/mol. The summed E-state index contributed by atoms with van der Waals surface area (Å²) < 4.78 is 0. The Labute approximate surface area is 154 Å². The number of amides is 2. The lowest BCUT2D eigenvalue weighted by Gasteiger charge is -2.27. The number of hydrogen-bond acceptors (Lipinski definition) is 3. The second-order valence-electron chi connectivity index (χ2n) is 6.78. The van der Waals surface area contributed by atoms with Gasteiger partial charge in [0.25, 0.3) is 0 Å². The number of nitrogens with one attached hydrogen (secondary N) is 3. The minimum Gasteiger partial charge on any atom is -0.356 e. The first-order valence-corrected chi connectivity index (χ1v) is 9.45. The number of piperidine rings is 1. The van der Waals surface area contributed by atoms with E-state index in [2.05, 4.69) is 22.9 Å². The molecule has 0 aliphatic carbocycles. The van der Waals surface area contributed by atoms with Crippen LogP contribution >= 0.6 is 11.6 Å². The smallest absolute Gasteiger partial charge is 0.224 e. The van der Waals surface area contributed by atoms with Crippen molar-refractivity contribution in [3.8, 4) is 0 Å². The fraction of sp³-hybridized carbons (Fsp3) is 0.579. The molecular weight excluding hydrogens is 338 g/mol. The Hall–Kier alpha value is -1.59. The van der Waals surface area contributed by atoms with Crippen LogP contribution in [0.2, 0.25) is 5.02 Å².